The van der Waals surface area contributed by atoms with Crippen LogP contribution in [0.3, 0.4) is 0 Å². The first kappa shape index (κ1) is 12.1. The molecule has 1 aliphatic heterocycles. The Morgan fingerprint density at radius 3 is 3.00 bits per heavy atom. The van der Waals surface area contributed by atoms with Gasteiger partial charge in [0.15, 0.2) is 5.82 Å². The Kier molecular flexibility index (Phi) is 3.50. The van der Waals surface area contributed by atoms with Crippen molar-refractivity contribution < 1.29 is 0 Å². The summed E-state index contributed by atoms with van der Waals surface area (Å²) in [5, 5.41) is 10.1. The molecule has 1 saturated heterocycles. The first-order valence-electron chi connectivity index (χ1n) is 5.74. The molecule has 0 bridgehead atoms. The predicted molar refractivity (Wildman–Crippen MR) is 70.2 cm³/mol. The number of nitriles is 1. The van der Waals surface area contributed by atoms with Gasteiger partial charge in [-0.05, 0) is 38.5 Å². The van der Waals surface area contributed by atoms with Gasteiger partial charge in [0.05, 0.1) is 0 Å². The molecule has 6 heteroatoms. The lowest BCUT2D eigenvalue weighted by Crippen LogP contribution is -2.37. The average Bonchev–Trinajstić information content (AvgIpc) is 2.56. The van der Waals surface area contributed by atoms with E-state index in [0.29, 0.717) is 17.4 Å². The molecule has 0 amide bonds. The lowest BCUT2D eigenvalue weighted by molar-refractivity contribution is 0.337. The van der Waals surface area contributed by atoms with Crippen molar-refractivity contribution in [2.24, 2.45) is 0 Å². The van der Waals surface area contributed by atoms with E-state index in [1.165, 1.54) is 11.5 Å². The molecule has 92 valence electrons. The van der Waals surface area contributed by atoms with Gasteiger partial charge in [-0.3, -0.25) is 0 Å². The van der Waals surface area contributed by atoms with Crippen molar-refractivity contribution in [1.82, 2.24) is 9.27 Å². The summed E-state index contributed by atoms with van der Waals surface area (Å²) in [6.45, 7) is 5.24. The summed E-state index contributed by atoms with van der Waals surface area (Å²) < 4.78 is 4.09. The van der Waals surface area contributed by atoms with Crippen LogP contribution in [0.1, 0.15) is 18.9 Å². The van der Waals surface area contributed by atoms with Gasteiger partial charge >= 0.3 is 0 Å². The normalized spacial score (nSPS) is 22.2. The number of aromatic nitrogens is 1. The van der Waals surface area contributed by atoms with Gasteiger partial charge in [-0.1, -0.05) is 0 Å². The minimum Gasteiger partial charge on any atom is -0.382 e. The Hall–Kier alpha value is -1.32. The maximum atomic E-state index is 9.13. The number of rotatable bonds is 1. The van der Waals surface area contributed by atoms with Crippen molar-refractivity contribution in [3.8, 4) is 6.07 Å². The molecule has 5 nitrogen and oxygen atoms in total. The van der Waals surface area contributed by atoms with Crippen LogP contribution in [-0.4, -0.2) is 42.0 Å². The van der Waals surface area contributed by atoms with Gasteiger partial charge in [-0.15, -0.1) is 0 Å². The summed E-state index contributed by atoms with van der Waals surface area (Å²) in [5.74, 6) is 0.359. The van der Waals surface area contributed by atoms with Crippen molar-refractivity contribution in [2.45, 2.75) is 19.4 Å². The maximum Gasteiger partial charge on any atom is 0.157 e. The lowest BCUT2D eigenvalue weighted by atomic mass is 10.2. The number of likely N-dealkylation sites (N-methyl/N-ethyl adjacent to an activating group) is 1. The molecule has 0 radical (unpaired) electrons. The van der Waals surface area contributed by atoms with E-state index in [1.807, 2.05) is 0 Å². The summed E-state index contributed by atoms with van der Waals surface area (Å²) >= 11 is 1.33. The summed E-state index contributed by atoms with van der Waals surface area (Å²) in [5.41, 5.74) is 6.24. The van der Waals surface area contributed by atoms with Crippen LogP contribution in [0, 0.1) is 11.3 Å². The molecule has 1 unspecified atom stereocenters. The number of hydrogen-bond acceptors (Lipinski definition) is 6. The lowest BCUT2D eigenvalue weighted by Gasteiger charge is -2.28. The predicted octanol–water partition coefficient (Wildman–Crippen LogP) is 1.13. The summed E-state index contributed by atoms with van der Waals surface area (Å²) in [6, 6.07) is 2.54. The Labute approximate surface area is 106 Å². The van der Waals surface area contributed by atoms with Gasteiger partial charge in [-0.25, -0.2) is 0 Å². The Morgan fingerprint density at radius 2 is 2.29 bits per heavy atom. The van der Waals surface area contributed by atoms with Gasteiger partial charge in [0.2, 0.25) is 0 Å². The van der Waals surface area contributed by atoms with Gasteiger partial charge in [0, 0.05) is 19.1 Å². The molecule has 1 aliphatic rings. The van der Waals surface area contributed by atoms with Crippen molar-refractivity contribution in [1.29, 1.82) is 5.26 Å². The van der Waals surface area contributed by atoms with Crippen LogP contribution in [0.15, 0.2) is 0 Å². The van der Waals surface area contributed by atoms with E-state index in [0.717, 1.165) is 31.1 Å². The van der Waals surface area contributed by atoms with Crippen LogP contribution in [0.5, 0.6) is 0 Å². The third-order valence-electron chi connectivity index (χ3n) is 3.12. The molecule has 0 spiro atoms. The second-order valence-corrected chi connectivity index (χ2v) is 5.27. The molecule has 0 aliphatic carbocycles. The molecular weight excluding hydrogens is 234 g/mol. The fourth-order valence-electron chi connectivity index (χ4n) is 2.27. The highest BCUT2D eigenvalue weighted by Crippen LogP contribution is 2.32. The van der Waals surface area contributed by atoms with E-state index >= 15 is 0 Å². The average molecular weight is 251 g/mol. The van der Waals surface area contributed by atoms with E-state index in [4.69, 9.17) is 11.0 Å². The summed E-state index contributed by atoms with van der Waals surface area (Å²) in [7, 11) is 2.13. The Morgan fingerprint density at radius 1 is 1.53 bits per heavy atom. The van der Waals surface area contributed by atoms with Crippen LogP contribution >= 0.6 is 11.5 Å². The number of nitrogens with two attached hydrogens (primary N) is 1. The second kappa shape index (κ2) is 4.90. The molecule has 2 rings (SSSR count). The van der Waals surface area contributed by atoms with Crippen LogP contribution < -0.4 is 10.6 Å². The van der Waals surface area contributed by atoms with Gasteiger partial charge in [0.1, 0.15) is 16.6 Å². The topological polar surface area (TPSA) is 69.2 Å². The zero-order chi connectivity index (χ0) is 12.4. The molecule has 1 atom stereocenters. The number of anilines is 2. The monoisotopic (exact) mass is 251 g/mol. The van der Waals surface area contributed by atoms with E-state index in [1.54, 1.807) is 0 Å². The van der Waals surface area contributed by atoms with E-state index in [9.17, 15) is 0 Å². The summed E-state index contributed by atoms with van der Waals surface area (Å²) in [4.78, 5) is 4.58. The summed E-state index contributed by atoms with van der Waals surface area (Å²) in [6.07, 6.45) is 1.10. The van der Waals surface area contributed by atoms with Gasteiger partial charge in [-0.2, -0.15) is 9.64 Å². The van der Waals surface area contributed by atoms with E-state index in [2.05, 4.69) is 34.2 Å². The number of nitrogen functional groups attached to an aromatic ring is 1. The van der Waals surface area contributed by atoms with Crippen molar-refractivity contribution in [3.63, 3.8) is 0 Å². The third-order valence-corrected chi connectivity index (χ3v) is 4.02. The maximum absolute atomic E-state index is 9.13. The quantitative estimate of drug-likeness (QED) is 0.810. The highest BCUT2D eigenvalue weighted by molar-refractivity contribution is 7.10. The third kappa shape index (κ3) is 2.35. The largest absolute Gasteiger partial charge is 0.382 e. The zero-order valence-corrected chi connectivity index (χ0v) is 11.0. The molecular formula is C11H17N5S. The van der Waals surface area contributed by atoms with Crippen LogP contribution in [0.4, 0.5) is 10.8 Å². The van der Waals surface area contributed by atoms with E-state index in [-0.39, 0.29) is 0 Å². The molecule has 2 heterocycles. The fraction of sp³-hybridized carbons (Fsp3) is 0.636. The molecule has 0 saturated carbocycles. The highest BCUT2D eigenvalue weighted by atomic mass is 32.1. The fourth-order valence-corrected chi connectivity index (χ4v) is 3.16. The molecule has 0 aromatic carbocycles. The Balaban J connectivity index is 2.29. The smallest absolute Gasteiger partial charge is 0.157 e. The standard InChI is InChI=1S/C11H17N5S/c1-8-7-15(2)4-3-5-16(8)11-9(6-12)10(13)14-17-11/h8H,3-5,7H2,1-2H3,(H2,13,14). The van der Waals surface area contributed by atoms with Crippen LogP contribution in [0.25, 0.3) is 0 Å². The first-order chi connectivity index (χ1) is 8.13. The van der Waals surface area contributed by atoms with E-state index < -0.39 is 0 Å². The number of nitrogens with zero attached hydrogens (tertiary/aromatic N) is 4. The van der Waals surface area contributed by atoms with Gasteiger partial charge in [0.25, 0.3) is 0 Å². The Bertz CT molecular complexity index is 436. The van der Waals surface area contributed by atoms with Crippen LogP contribution in [-0.2, 0) is 0 Å². The van der Waals surface area contributed by atoms with Gasteiger partial charge < -0.3 is 15.5 Å². The van der Waals surface area contributed by atoms with Crippen molar-refractivity contribution in [3.05, 3.63) is 5.56 Å². The molecule has 2 N–H and O–H groups in total. The number of hydrogen-bond donors (Lipinski definition) is 1. The minimum absolute atomic E-state index is 0.359. The molecule has 17 heavy (non-hydrogen) atoms. The van der Waals surface area contributed by atoms with Crippen LogP contribution in [0.2, 0.25) is 0 Å². The second-order valence-electron chi connectivity index (χ2n) is 4.52. The zero-order valence-electron chi connectivity index (χ0n) is 10.2. The first-order valence-corrected chi connectivity index (χ1v) is 6.51. The van der Waals surface area contributed by atoms with Crippen molar-refractivity contribution >= 4 is 22.4 Å². The highest BCUT2D eigenvalue weighted by Gasteiger charge is 2.24. The minimum atomic E-state index is 0.359. The SMILES string of the molecule is CC1CN(C)CCCN1c1snc(N)c1C#N. The van der Waals surface area contributed by atoms with Crippen molar-refractivity contribution in [2.75, 3.05) is 37.3 Å². The molecule has 1 aromatic heterocycles. The molecule has 1 fully saturated rings. The molecule has 1 aromatic rings.